The highest BCUT2D eigenvalue weighted by Crippen LogP contribution is 2.32. The maximum absolute atomic E-state index is 12.7. The molecule has 2 aliphatic rings. The van der Waals surface area contributed by atoms with Crippen molar-refractivity contribution in [2.75, 3.05) is 19.6 Å². The highest BCUT2D eigenvalue weighted by Gasteiger charge is 2.40. The first kappa shape index (κ1) is 18.2. The van der Waals surface area contributed by atoms with E-state index in [0.717, 1.165) is 44.5 Å². The molecule has 2 fully saturated rings. The lowest BCUT2D eigenvalue weighted by atomic mass is 9.83. The minimum Gasteiger partial charge on any atom is -0.342 e. The average Bonchev–Trinajstić information content (AvgIpc) is 3.21. The maximum Gasteiger partial charge on any atom is 0.227 e. The molecule has 2 amide bonds. The molecule has 27 heavy (non-hydrogen) atoms. The Kier molecular flexibility index (Phi) is 5.53. The fraction of sp³-hybridized carbons (Fsp3) is 0.476. The highest BCUT2D eigenvalue weighted by molar-refractivity contribution is 7.09. The molecular formula is C21H25N3O2S. The van der Waals surface area contributed by atoms with Crippen LogP contribution in [0.2, 0.25) is 0 Å². The predicted molar refractivity (Wildman–Crippen MR) is 105 cm³/mol. The molecule has 2 saturated heterocycles. The summed E-state index contributed by atoms with van der Waals surface area (Å²) in [6.07, 6.45) is 7.22. The zero-order valence-corrected chi connectivity index (χ0v) is 16.2. The monoisotopic (exact) mass is 383 g/mol. The van der Waals surface area contributed by atoms with E-state index < -0.39 is 0 Å². The normalized spacial score (nSPS) is 22.6. The molecule has 0 aliphatic carbocycles. The van der Waals surface area contributed by atoms with Crippen molar-refractivity contribution in [2.45, 2.75) is 38.1 Å². The first-order chi connectivity index (χ1) is 13.2. The average molecular weight is 384 g/mol. The molecule has 0 unspecified atom stereocenters. The molecule has 6 heteroatoms. The van der Waals surface area contributed by atoms with Gasteiger partial charge in [-0.25, -0.2) is 0 Å². The van der Waals surface area contributed by atoms with Crippen molar-refractivity contribution in [2.24, 2.45) is 5.92 Å². The molecule has 4 heterocycles. The van der Waals surface area contributed by atoms with Gasteiger partial charge in [-0.2, -0.15) is 0 Å². The number of thiophene rings is 1. The van der Waals surface area contributed by atoms with Gasteiger partial charge in [0.2, 0.25) is 11.8 Å². The molecule has 0 N–H and O–H groups in total. The Morgan fingerprint density at radius 1 is 1.26 bits per heavy atom. The molecule has 0 spiro atoms. The summed E-state index contributed by atoms with van der Waals surface area (Å²) in [6.45, 7) is 2.31. The molecular weight excluding hydrogens is 358 g/mol. The molecule has 2 aliphatic heterocycles. The van der Waals surface area contributed by atoms with E-state index in [0.29, 0.717) is 18.8 Å². The van der Waals surface area contributed by atoms with Crippen molar-refractivity contribution >= 4 is 23.2 Å². The number of piperidine rings is 2. The van der Waals surface area contributed by atoms with Gasteiger partial charge in [-0.1, -0.05) is 12.1 Å². The van der Waals surface area contributed by atoms with Crippen LogP contribution in [0.3, 0.4) is 0 Å². The zero-order chi connectivity index (χ0) is 18.6. The van der Waals surface area contributed by atoms with Gasteiger partial charge in [-0.3, -0.25) is 14.6 Å². The third kappa shape index (κ3) is 4.21. The summed E-state index contributed by atoms with van der Waals surface area (Å²) < 4.78 is 0. The van der Waals surface area contributed by atoms with Crippen molar-refractivity contribution in [3.8, 4) is 0 Å². The van der Waals surface area contributed by atoms with Crippen LogP contribution in [0.4, 0.5) is 0 Å². The first-order valence-electron chi connectivity index (χ1n) is 9.69. The standard InChI is InChI=1S/C21H25N3O2S/c25-20-6-5-17-15-23(21(26)13-16-3-1-9-22-14-16)10-8-19(17)24(20)11-7-18-4-2-12-27-18/h1-4,9,12,14,17,19H,5-8,10-11,13,15H2/t17-,19+/m0/s1. The molecule has 142 valence electrons. The van der Waals surface area contributed by atoms with E-state index in [9.17, 15) is 9.59 Å². The minimum absolute atomic E-state index is 0.170. The van der Waals surface area contributed by atoms with E-state index in [1.165, 1.54) is 4.88 Å². The number of nitrogens with zero attached hydrogens (tertiary/aromatic N) is 3. The van der Waals surface area contributed by atoms with Gasteiger partial charge >= 0.3 is 0 Å². The Hall–Kier alpha value is -2.21. The van der Waals surface area contributed by atoms with E-state index in [4.69, 9.17) is 0 Å². The fourth-order valence-corrected chi connectivity index (χ4v) is 5.04. The summed E-state index contributed by atoms with van der Waals surface area (Å²) in [6, 6.07) is 8.30. The van der Waals surface area contributed by atoms with Crippen molar-refractivity contribution in [1.29, 1.82) is 0 Å². The van der Waals surface area contributed by atoms with Crippen molar-refractivity contribution in [1.82, 2.24) is 14.8 Å². The Balaban J connectivity index is 1.36. The summed E-state index contributed by atoms with van der Waals surface area (Å²) >= 11 is 1.75. The van der Waals surface area contributed by atoms with Crippen LogP contribution in [0.25, 0.3) is 0 Å². The quantitative estimate of drug-likeness (QED) is 0.798. The van der Waals surface area contributed by atoms with E-state index in [-0.39, 0.29) is 17.9 Å². The van der Waals surface area contributed by atoms with E-state index in [2.05, 4.69) is 27.4 Å². The molecule has 2 aromatic rings. The van der Waals surface area contributed by atoms with E-state index in [1.54, 1.807) is 23.7 Å². The lowest BCUT2D eigenvalue weighted by Crippen LogP contribution is -2.57. The fourth-order valence-electron chi connectivity index (χ4n) is 4.34. The number of hydrogen-bond acceptors (Lipinski definition) is 4. The van der Waals surface area contributed by atoms with E-state index >= 15 is 0 Å². The molecule has 2 atom stereocenters. The van der Waals surface area contributed by atoms with Crippen LogP contribution in [0, 0.1) is 5.92 Å². The van der Waals surface area contributed by atoms with Gasteiger partial charge in [0.15, 0.2) is 0 Å². The summed E-state index contributed by atoms with van der Waals surface area (Å²) in [5.74, 6) is 0.851. The van der Waals surface area contributed by atoms with Gasteiger partial charge in [0.1, 0.15) is 0 Å². The van der Waals surface area contributed by atoms with Crippen molar-refractivity contribution in [3.05, 3.63) is 52.5 Å². The van der Waals surface area contributed by atoms with Crippen molar-refractivity contribution < 1.29 is 9.59 Å². The molecule has 0 saturated carbocycles. The molecule has 0 bridgehead atoms. The molecule has 4 rings (SSSR count). The molecule has 0 radical (unpaired) electrons. The highest BCUT2D eigenvalue weighted by atomic mass is 32.1. The third-order valence-electron chi connectivity index (χ3n) is 5.75. The van der Waals surface area contributed by atoms with Gasteiger partial charge in [0, 0.05) is 49.4 Å². The Morgan fingerprint density at radius 2 is 2.19 bits per heavy atom. The van der Waals surface area contributed by atoms with Gasteiger partial charge in [0.05, 0.1) is 6.42 Å². The second kappa shape index (κ2) is 8.21. The topological polar surface area (TPSA) is 53.5 Å². The number of fused-ring (bicyclic) bond motifs is 1. The molecule has 5 nitrogen and oxygen atoms in total. The van der Waals surface area contributed by atoms with Crippen LogP contribution < -0.4 is 0 Å². The smallest absolute Gasteiger partial charge is 0.227 e. The number of pyridine rings is 1. The SMILES string of the molecule is O=C(Cc1cccnc1)N1CC[C@@H]2[C@@H](CCC(=O)N2CCc2cccs2)C1. The molecule has 2 aromatic heterocycles. The van der Waals surface area contributed by atoms with Crippen LogP contribution in [-0.2, 0) is 22.4 Å². The van der Waals surface area contributed by atoms with Crippen LogP contribution in [0.1, 0.15) is 29.7 Å². The lowest BCUT2D eigenvalue weighted by molar-refractivity contribution is -0.143. The number of aromatic nitrogens is 1. The van der Waals surface area contributed by atoms with E-state index in [1.807, 2.05) is 17.0 Å². The Labute approximate surface area is 164 Å². The second-order valence-corrected chi connectivity index (χ2v) is 8.48. The Morgan fingerprint density at radius 3 is 2.96 bits per heavy atom. The summed E-state index contributed by atoms with van der Waals surface area (Å²) in [5.41, 5.74) is 0.959. The van der Waals surface area contributed by atoms with Gasteiger partial charge in [-0.15, -0.1) is 11.3 Å². The Bertz CT molecular complexity index is 778. The number of carbonyl (C=O) groups excluding carboxylic acids is 2. The van der Waals surface area contributed by atoms with Crippen LogP contribution in [0.5, 0.6) is 0 Å². The van der Waals surface area contributed by atoms with Crippen molar-refractivity contribution in [3.63, 3.8) is 0 Å². The number of rotatable bonds is 5. The van der Waals surface area contributed by atoms with Gasteiger partial charge in [0.25, 0.3) is 0 Å². The summed E-state index contributed by atoms with van der Waals surface area (Å²) in [5, 5.41) is 2.09. The first-order valence-corrected chi connectivity index (χ1v) is 10.6. The largest absolute Gasteiger partial charge is 0.342 e. The predicted octanol–water partition coefficient (Wildman–Crippen LogP) is 2.77. The lowest BCUT2D eigenvalue weighted by Gasteiger charge is -2.47. The second-order valence-electron chi connectivity index (χ2n) is 7.45. The number of hydrogen-bond donors (Lipinski definition) is 0. The van der Waals surface area contributed by atoms with Gasteiger partial charge in [-0.05, 0) is 48.3 Å². The summed E-state index contributed by atoms with van der Waals surface area (Å²) in [7, 11) is 0. The number of carbonyl (C=O) groups is 2. The number of amides is 2. The summed E-state index contributed by atoms with van der Waals surface area (Å²) in [4.78, 5) is 34.7. The van der Waals surface area contributed by atoms with Crippen LogP contribution in [0.15, 0.2) is 42.0 Å². The third-order valence-corrected chi connectivity index (χ3v) is 6.69. The molecule has 0 aromatic carbocycles. The van der Waals surface area contributed by atoms with Crippen LogP contribution in [-0.4, -0.2) is 52.3 Å². The zero-order valence-electron chi connectivity index (χ0n) is 15.4. The van der Waals surface area contributed by atoms with Crippen LogP contribution >= 0.6 is 11.3 Å². The minimum atomic E-state index is 0.170. The number of likely N-dealkylation sites (tertiary alicyclic amines) is 2. The van der Waals surface area contributed by atoms with Gasteiger partial charge < -0.3 is 9.80 Å². The maximum atomic E-state index is 12.7.